The smallest absolute Gasteiger partial charge is 0.359 e. The zero-order chi connectivity index (χ0) is 14.0. The van der Waals surface area contributed by atoms with Gasteiger partial charge in [-0.2, -0.15) is 4.79 Å². The summed E-state index contributed by atoms with van der Waals surface area (Å²) in [7, 11) is 0. The van der Waals surface area contributed by atoms with Gasteiger partial charge in [0.1, 0.15) is 0 Å². The van der Waals surface area contributed by atoms with Crippen LogP contribution < -0.4 is 0 Å². The second-order valence-corrected chi connectivity index (χ2v) is 3.63. The summed E-state index contributed by atoms with van der Waals surface area (Å²) in [6, 6.07) is 3.21. The van der Waals surface area contributed by atoms with Gasteiger partial charge in [-0.25, -0.2) is 4.79 Å². The van der Waals surface area contributed by atoms with Crippen molar-refractivity contribution in [3.8, 4) is 0 Å². The first kappa shape index (κ1) is 16.6. The van der Waals surface area contributed by atoms with Gasteiger partial charge in [0.15, 0.2) is 5.69 Å². The summed E-state index contributed by atoms with van der Waals surface area (Å²) in [6.07, 6.45) is 3.64. The SMILES string of the molecule is CC.CCOC(=O)c1cncccc(Br)cn1F. The summed E-state index contributed by atoms with van der Waals surface area (Å²) >= 11 is 3.12. The van der Waals surface area contributed by atoms with E-state index in [0.29, 0.717) is 4.47 Å². The fourth-order valence-corrected chi connectivity index (χ4v) is 1.25. The first-order chi connectivity index (χ1) is 8.65. The minimum Gasteiger partial charge on any atom is -0.461 e. The lowest BCUT2D eigenvalue weighted by atomic mass is 10.5. The number of carbonyl (C=O) groups excluding carboxylic acids is 1. The van der Waals surface area contributed by atoms with Crippen LogP contribution in [0.25, 0.3) is 0 Å². The van der Waals surface area contributed by atoms with E-state index in [9.17, 15) is 9.28 Å². The van der Waals surface area contributed by atoms with E-state index in [1.165, 1.54) is 6.20 Å². The second-order valence-electron chi connectivity index (χ2n) is 2.72. The van der Waals surface area contributed by atoms with Crippen LogP contribution in [-0.2, 0) is 4.74 Å². The van der Waals surface area contributed by atoms with Crippen molar-refractivity contribution in [1.82, 2.24) is 9.77 Å². The number of hydrogen-bond donors (Lipinski definition) is 0. The van der Waals surface area contributed by atoms with E-state index < -0.39 is 5.97 Å². The van der Waals surface area contributed by atoms with Gasteiger partial charge in [-0.3, -0.25) is 4.98 Å². The Bertz CT molecular complexity index is 434. The number of esters is 1. The van der Waals surface area contributed by atoms with Crippen molar-refractivity contribution in [2.24, 2.45) is 0 Å². The van der Waals surface area contributed by atoms with Crippen LogP contribution >= 0.6 is 15.9 Å². The number of nitrogens with zero attached hydrogens (tertiary/aromatic N) is 2. The highest BCUT2D eigenvalue weighted by Crippen LogP contribution is 2.07. The predicted molar refractivity (Wildman–Crippen MR) is 71.4 cm³/mol. The Morgan fingerprint density at radius 1 is 1.56 bits per heavy atom. The monoisotopic (exact) mass is 318 g/mol. The van der Waals surface area contributed by atoms with Gasteiger partial charge >= 0.3 is 5.97 Å². The molecule has 100 valence electrons. The summed E-state index contributed by atoms with van der Waals surface area (Å²) in [5.74, 6) is -0.763. The molecule has 1 aromatic rings. The maximum absolute atomic E-state index is 13.5. The summed E-state index contributed by atoms with van der Waals surface area (Å²) in [6.45, 7) is 5.82. The molecule has 0 fully saturated rings. The fraction of sp³-hybridized carbons (Fsp3) is 0.333. The van der Waals surface area contributed by atoms with Crippen LogP contribution in [0.3, 0.4) is 0 Å². The Labute approximate surface area is 114 Å². The highest BCUT2D eigenvalue weighted by molar-refractivity contribution is 9.10. The average Bonchev–Trinajstić information content (AvgIpc) is 2.42. The Kier molecular flexibility index (Phi) is 8.82. The molecule has 0 aliphatic heterocycles. The summed E-state index contributed by atoms with van der Waals surface area (Å²) in [5.41, 5.74) is -0.279. The molecule has 18 heavy (non-hydrogen) atoms. The number of hydrogen-bond acceptors (Lipinski definition) is 3. The van der Waals surface area contributed by atoms with Crippen LogP contribution in [0.2, 0.25) is 0 Å². The fourth-order valence-electron chi connectivity index (χ4n) is 0.919. The molecule has 0 saturated carbocycles. The van der Waals surface area contributed by atoms with Crippen molar-refractivity contribution >= 4 is 21.9 Å². The molecule has 0 spiro atoms. The average molecular weight is 319 g/mol. The Balaban J connectivity index is 0.00000137. The first-order valence-electron chi connectivity index (χ1n) is 5.54. The second kappa shape index (κ2) is 9.58. The molecule has 0 aromatic carbocycles. The molecule has 1 heterocycles. The quantitative estimate of drug-likeness (QED) is 0.781. The molecule has 0 aliphatic carbocycles. The van der Waals surface area contributed by atoms with Crippen LogP contribution in [0.1, 0.15) is 31.3 Å². The molecule has 0 N–H and O–H groups in total. The van der Waals surface area contributed by atoms with E-state index in [-0.39, 0.29) is 17.1 Å². The van der Waals surface area contributed by atoms with Gasteiger partial charge in [-0.1, -0.05) is 18.3 Å². The molecule has 0 amide bonds. The Hall–Kier alpha value is -1.43. The number of halogens is 2. The van der Waals surface area contributed by atoms with Gasteiger partial charge in [0, 0.05) is 10.7 Å². The van der Waals surface area contributed by atoms with Crippen molar-refractivity contribution in [1.29, 1.82) is 0 Å². The number of aromatic nitrogens is 2. The first-order valence-corrected chi connectivity index (χ1v) is 6.34. The molecule has 0 unspecified atom stereocenters. The molecule has 0 saturated heterocycles. The van der Waals surface area contributed by atoms with Crippen LogP contribution in [-0.4, -0.2) is 22.3 Å². The van der Waals surface area contributed by atoms with Gasteiger partial charge in [0.2, 0.25) is 0 Å². The lowest BCUT2D eigenvalue weighted by molar-refractivity contribution is 0.0499. The molecule has 0 aliphatic rings. The third-order valence-electron chi connectivity index (χ3n) is 1.58. The van der Waals surface area contributed by atoms with Gasteiger partial charge in [0.25, 0.3) is 0 Å². The van der Waals surface area contributed by atoms with E-state index in [1.54, 1.807) is 19.1 Å². The van der Waals surface area contributed by atoms with Crippen LogP contribution in [0.4, 0.5) is 4.48 Å². The van der Waals surface area contributed by atoms with Crippen LogP contribution in [0.5, 0.6) is 0 Å². The van der Waals surface area contributed by atoms with Crippen molar-refractivity contribution in [3.05, 3.63) is 40.9 Å². The van der Waals surface area contributed by atoms with Crippen molar-refractivity contribution in [3.63, 3.8) is 0 Å². The largest absolute Gasteiger partial charge is 0.461 e. The molecule has 1 aromatic heterocycles. The predicted octanol–water partition coefficient (Wildman–Crippen LogP) is 3.71. The Morgan fingerprint density at radius 2 is 2.22 bits per heavy atom. The topological polar surface area (TPSA) is 44.1 Å². The molecule has 0 radical (unpaired) electrons. The molecule has 1 rings (SSSR count). The van der Waals surface area contributed by atoms with Gasteiger partial charge in [-0.15, -0.1) is 0 Å². The highest BCUT2D eigenvalue weighted by Gasteiger charge is 2.09. The van der Waals surface area contributed by atoms with Crippen molar-refractivity contribution < 1.29 is 14.0 Å². The lowest BCUT2D eigenvalue weighted by Crippen LogP contribution is -2.09. The Morgan fingerprint density at radius 3 is 2.83 bits per heavy atom. The molecular formula is C12H16BrFN2O2. The minimum atomic E-state index is -0.763. The molecule has 6 heteroatoms. The van der Waals surface area contributed by atoms with E-state index in [1.807, 2.05) is 13.8 Å². The third-order valence-corrected chi connectivity index (χ3v) is 2.04. The minimum absolute atomic E-state index is 0.162. The van der Waals surface area contributed by atoms with E-state index in [2.05, 4.69) is 20.9 Å². The van der Waals surface area contributed by atoms with Crippen molar-refractivity contribution in [2.45, 2.75) is 20.8 Å². The third kappa shape index (κ3) is 5.77. The van der Waals surface area contributed by atoms with E-state index >= 15 is 0 Å². The molecule has 4 nitrogen and oxygen atoms in total. The van der Waals surface area contributed by atoms with E-state index in [4.69, 9.17) is 4.74 Å². The zero-order valence-electron chi connectivity index (χ0n) is 10.6. The summed E-state index contributed by atoms with van der Waals surface area (Å²) < 4.78 is 18.7. The van der Waals surface area contributed by atoms with Crippen LogP contribution in [0.15, 0.2) is 35.2 Å². The van der Waals surface area contributed by atoms with Gasteiger partial charge in [0.05, 0.1) is 19.0 Å². The standard InChI is InChI=1S/C10H10BrFN2O2.C2H6/c1-2-16-10(15)9-6-13-5-3-4-8(11)7-14(9)12;1-2/h3-7H,2H2,1H3;1-2H3. The lowest BCUT2D eigenvalue weighted by Gasteiger charge is -2.01. The molecule has 0 atom stereocenters. The maximum Gasteiger partial charge on any atom is 0.359 e. The molecule has 0 bridgehead atoms. The van der Waals surface area contributed by atoms with E-state index in [0.717, 1.165) is 12.4 Å². The van der Waals surface area contributed by atoms with Crippen LogP contribution in [0, 0.1) is 0 Å². The maximum atomic E-state index is 13.5. The van der Waals surface area contributed by atoms with Crippen molar-refractivity contribution in [2.75, 3.05) is 6.61 Å². The zero-order valence-corrected chi connectivity index (χ0v) is 12.1. The highest BCUT2D eigenvalue weighted by atomic mass is 79.9. The summed E-state index contributed by atoms with van der Waals surface area (Å²) in [4.78, 5) is 15.3. The van der Waals surface area contributed by atoms with Gasteiger partial charge < -0.3 is 4.74 Å². The summed E-state index contributed by atoms with van der Waals surface area (Å²) in [5, 5.41) is 0. The molecular weight excluding hydrogens is 303 g/mol. The van der Waals surface area contributed by atoms with Gasteiger partial charge in [-0.05, 0) is 35.0 Å². The number of rotatable bonds is 2. The normalized spacial score (nSPS) is 8.72. The number of carbonyl (C=O) groups is 1. The number of ether oxygens (including phenoxy) is 1.